The van der Waals surface area contributed by atoms with E-state index in [-0.39, 0.29) is 11.9 Å². The maximum absolute atomic E-state index is 12.0. The number of ether oxygens (including phenoxy) is 1. The molecule has 0 bridgehead atoms. The Morgan fingerprint density at radius 2 is 1.72 bits per heavy atom. The molecule has 1 aliphatic rings. The first-order valence-corrected chi connectivity index (χ1v) is 9.03. The summed E-state index contributed by atoms with van der Waals surface area (Å²) in [5.41, 5.74) is 4.60. The maximum Gasteiger partial charge on any atom is 0.314 e. The van der Waals surface area contributed by atoms with Gasteiger partial charge in [0.25, 0.3) is 0 Å². The molecule has 130 valence electrons. The molecule has 25 heavy (non-hydrogen) atoms. The molecule has 0 heterocycles. The van der Waals surface area contributed by atoms with Crippen LogP contribution in [0.4, 0.5) is 0 Å². The van der Waals surface area contributed by atoms with Crippen LogP contribution in [-0.4, -0.2) is 18.8 Å². The molecular weight excluding hydrogens is 310 g/mol. The second kappa shape index (κ2) is 8.61. The first-order chi connectivity index (χ1) is 12.3. The van der Waals surface area contributed by atoms with Crippen molar-refractivity contribution in [1.29, 1.82) is 0 Å². The van der Waals surface area contributed by atoms with Crippen molar-refractivity contribution in [3.05, 3.63) is 60.2 Å². The van der Waals surface area contributed by atoms with Gasteiger partial charge in [-0.1, -0.05) is 67.4 Å². The molecule has 3 rings (SSSR count). The molecule has 0 aromatic heterocycles. The van der Waals surface area contributed by atoms with Gasteiger partial charge in [-0.15, -0.1) is 0 Å². The summed E-state index contributed by atoms with van der Waals surface area (Å²) in [6.45, 7) is 0.623. The van der Waals surface area contributed by atoms with Gasteiger partial charge in [0.15, 0.2) is 0 Å². The van der Waals surface area contributed by atoms with Crippen LogP contribution < -0.4 is 0 Å². The molecular formula is C22H25NO2. The standard InChI is InChI=1S/C22H25NO2/c1-25-22(24)20-10-6-3-7-11-21(20)23-16-17-12-14-19(15-13-17)18-8-4-2-5-9-18/h2,4-5,8-9,12-15,20H,3,6-7,10-11,16H2,1H3. The van der Waals surface area contributed by atoms with E-state index in [9.17, 15) is 4.79 Å². The van der Waals surface area contributed by atoms with E-state index in [2.05, 4.69) is 36.4 Å². The largest absolute Gasteiger partial charge is 0.469 e. The summed E-state index contributed by atoms with van der Waals surface area (Å²) in [5, 5.41) is 0. The van der Waals surface area contributed by atoms with Gasteiger partial charge in [-0.3, -0.25) is 9.79 Å². The molecule has 1 fully saturated rings. The normalized spacial score (nSPS) is 19.4. The minimum atomic E-state index is -0.156. The van der Waals surface area contributed by atoms with Crippen molar-refractivity contribution in [2.24, 2.45) is 10.9 Å². The van der Waals surface area contributed by atoms with Crippen LogP contribution >= 0.6 is 0 Å². The van der Waals surface area contributed by atoms with E-state index in [4.69, 9.17) is 9.73 Å². The summed E-state index contributed by atoms with van der Waals surface area (Å²) in [7, 11) is 1.47. The van der Waals surface area contributed by atoms with Gasteiger partial charge in [0.05, 0.1) is 19.6 Å². The highest BCUT2D eigenvalue weighted by molar-refractivity contribution is 6.02. The summed E-state index contributed by atoms with van der Waals surface area (Å²) in [6, 6.07) is 18.9. The van der Waals surface area contributed by atoms with Crippen LogP contribution in [-0.2, 0) is 16.1 Å². The van der Waals surface area contributed by atoms with E-state index in [1.165, 1.54) is 23.8 Å². The molecule has 0 saturated heterocycles. The van der Waals surface area contributed by atoms with Crippen LogP contribution in [0.5, 0.6) is 0 Å². The lowest BCUT2D eigenvalue weighted by molar-refractivity contribution is -0.143. The van der Waals surface area contributed by atoms with Crippen LogP contribution in [0.2, 0.25) is 0 Å². The third-order valence-corrected chi connectivity index (χ3v) is 4.84. The van der Waals surface area contributed by atoms with E-state index < -0.39 is 0 Å². The number of benzene rings is 2. The summed E-state index contributed by atoms with van der Waals surface area (Å²) in [6.07, 6.45) is 5.11. The van der Waals surface area contributed by atoms with Crippen molar-refractivity contribution in [3.8, 4) is 11.1 Å². The molecule has 0 spiro atoms. The first kappa shape index (κ1) is 17.4. The summed E-state index contributed by atoms with van der Waals surface area (Å²) in [5.74, 6) is -0.295. The fourth-order valence-electron chi connectivity index (χ4n) is 3.38. The molecule has 1 saturated carbocycles. The molecule has 0 N–H and O–H groups in total. The Morgan fingerprint density at radius 1 is 1.00 bits per heavy atom. The Balaban J connectivity index is 1.72. The van der Waals surface area contributed by atoms with Gasteiger partial charge < -0.3 is 4.74 Å². The Hall–Kier alpha value is -2.42. The second-order valence-electron chi connectivity index (χ2n) is 6.55. The zero-order valence-corrected chi connectivity index (χ0v) is 14.8. The maximum atomic E-state index is 12.0. The van der Waals surface area contributed by atoms with Gasteiger partial charge in [0, 0.05) is 5.71 Å². The molecule has 0 radical (unpaired) electrons. The van der Waals surface area contributed by atoms with Crippen LogP contribution in [0.3, 0.4) is 0 Å². The van der Waals surface area contributed by atoms with Gasteiger partial charge >= 0.3 is 5.97 Å². The topological polar surface area (TPSA) is 38.7 Å². The molecule has 0 aliphatic heterocycles. The number of hydrogen-bond acceptors (Lipinski definition) is 3. The van der Waals surface area contributed by atoms with E-state index in [0.717, 1.165) is 37.8 Å². The average molecular weight is 335 g/mol. The SMILES string of the molecule is COC(=O)C1CCCCCC1=NCc1ccc(-c2ccccc2)cc1. The van der Waals surface area contributed by atoms with Crippen molar-refractivity contribution in [2.45, 2.75) is 38.6 Å². The van der Waals surface area contributed by atoms with E-state index >= 15 is 0 Å². The molecule has 2 aromatic carbocycles. The molecule has 3 nitrogen and oxygen atoms in total. The Morgan fingerprint density at radius 3 is 2.44 bits per heavy atom. The van der Waals surface area contributed by atoms with Crippen LogP contribution in [0, 0.1) is 5.92 Å². The fourth-order valence-corrected chi connectivity index (χ4v) is 3.38. The first-order valence-electron chi connectivity index (χ1n) is 9.03. The molecule has 2 aromatic rings. The van der Waals surface area contributed by atoms with E-state index in [1.54, 1.807) is 0 Å². The monoisotopic (exact) mass is 335 g/mol. The summed E-state index contributed by atoms with van der Waals surface area (Å²) in [4.78, 5) is 16.8. The molecule has 3 heteroatoms. The van der Waals surface area contributed by atoms with Gasteiger partial charge in [0.1, 0.15) is 0 Å². The zero-order valence-electron chi connectivity index (χ0n) is 14.8. The lowest BCUT2D eigenvalue weighted by Gasteiger charge is -2.14. The average Bonchev–Trinajstić information content (AvgIpc) is 2.92. The van der Waals surface area contributed by atoms with Gasteiger partial charge in [-0.25, -0.2) is 0 Å². The number of hydrogen-bond donors (Lipinski definition) is 0. The third-order valence-electron chi connectivity index (χ3n) is 4.84. The summed E-state index contributed by atoms with van der Waals surface area (Å²) >= 11 is 0. The Labute approximate surface area is 149 Å². The molecule has 1 aliphatic carbocycles. The Bertz CT molecular complexity index is 719. The highest BCUT2D eigenvalue weighted by Gasteiger charge is 2.26. The van der Waals surface area contributed by atoms with Crippen molar-refractivity contribution in [3.63, 3.8) is 0 Å². The quantitative estimate of drug-likeness (QED) is 0.579. The predicted octanol–water partition coefficient (Wildman–Crippen LogP) is 5.05. The van der Waals surface area contributed by atoms with Crippen molar-refractivity contribution in [2.75, 3.05) is 7.11 Å². The number of aliphatic imine (C=N–C) groups is 1. The smallest absolute Gasteiger partial charge is 0.314 e. The fraction of sp³-hybridized carbons (Fsp3) is 0.364. The summed E-state index contributed by atoms with van der Waals surface area (Å²) < 4.78 is 4.97. The highest BCUT2D eigenvalue weighted by Crippen LogP contribution is 2.24. The predicted molar refractivity (Wildman–Crippen MR) is 102 cm³/mol. The highest BCUT2D eigenvalue weighted by atomic mass is 16.5. The Kier molecular flexibility index (Phi) is 5.99. The third kappa shape index (κ3) is 4.56. The minimum absolute atomic E-state index is 0.139. The van der Waals surface area contributed by atoms with Gasteiger partial charge in [-0.2, -0.15) is 0 Å². The number of methoxy groups -OCH3 is 1. The number of rotatable bonds is 4. The number of nitrogens with zero attached hydrogens (tertiary/aromatic N) is 1. The van der Waals surface area contributed by atoms with Crippen LogP contribution in [0.15, 0.2) is 59.6 Å². The van der Waals surface area contributed by atoms with Crippen molar-refractivity contribution >= 4 is 11.7 Å². The lowest BCUT2D eigenvalue weighted by atomic mass is 9.98. The van der Waals surface area contributed by atoms with Crippen LogP contribution in [0.25, 0.3) is 11.1 Å². The number of carbonyl (C=O) groups is 1. The molecule has 0 amide bonds. The van der Waals surface area contributed by atoms with E-state index in [1.807, 2.05) is 18.2 Å². The minimum Gasteiger partial charge on any atom is -0.469 e. The second-order valence-corrected chi connectivity index (χ2v) is 6.55. The number of carbonyl (C=O) groups excluding carboxylic acids is 1. The van der Waals surface area contributed by atoms with Crippen LogP contribution in [0.1, 0.15) is 37.7 Å². The van der Waals surface area contributed by atoms with Gasteiger partial charge in [0.2, 0.25) is 0 Å². The van der Waals surface area contributed by atoms with E-state index in [0.29, 0.717) is 6.54 Å². The van der Waals surface area contributed by atoms with Crippen molar-refractivity contribution < 1.29 is 9.53 Å². The molecule has 1 unspecified atom stereocenters. The number of esters is 1. The lowest BCUT2D eigenvalue weighted by Crippen LogP contribution is -2.24. The van der Waals surface area contributed by atoms with Gasteiger partial charge in [-0.05, 0) is 36.0 Å². The zero-order chi connectivity index (χ0) is 17.5. The van der Waals surface area contributed by atoms with Crippen molar-refractivity contribution in [1.82, 2.24) is 0 Å². The molecule has 1 atom stereocenters.